The Labute approximate surface area is 142 Å². The quantitative estimate of drug-likeness (QED) is 0.727. The summed E-state index contributed by atoms with van der Waals surface area (Å²) in [6.45, 7) is 0. The summed E-state index contributed by atoms with van der Waals surface area (Å²) in [6, 6.07) is 15.5. The van der Waals surface area contributed by atoms with Gasteiger partial charge >= 0.3 is 0 Å². The molecule has 0 spiro atoms. The van der Waals surface area contributed by atoms with Crippen LogP contribution >= 0.6 is 11.3 Å². The Morgan fingerprint density at radius 1 is 1.00 bits per heavy atom. The van der Waals surface area contributed by atoms with Crippen LogP contribution in [0.3, 0.4) is 0 Å². The van der Waals surface area contributed by atoms with Crippen LogP contribution in [0, 0.1) is 11.6 Å². The van der Waals surface area contributed by atoms with Crippen molar-refractivity contribution < 1.29 is 13.6 Å². The van der Waals surface area contributed by atoms with E-state index in [2.05, 4.69) is 5.32 Å². The lowest BCUT2D eigenvalue weighted by Gasteiger charge is -2.18. The fraction of sp³-hybridized carbons (Fsp3) is 0.105. The molecule has 0 aliphatic rings. The van der Waals surface area contributed by atoms with Gasteiger partial charge in [0.25, 0.3) is 0 Å². The van der Waals surface area contributed by atoms with Gasteiger partial charge in [-0.1, -0.05) is 30.3 Å². The molecule has 3 rings (SSSR count). The smallest absolute Gasteiger partial charge is 0.225 e. The van der Waals surface area contributed by atoms with Crippen molar-refractivity contribution in [2.45, 2.75) is 12.5 Å². The van der Waals surface area contributed by atoms with Gasteiger partial charge in [0.15, 0.2) is 0 Å². The number of rotatable bonds is 5. The van der Waals surface area contributed by atoms with Crippen LogP contribution in [-0.2, 0) is 11.2 Å². The number of thiophene rings is 1. The van der Waals surface area contributed by atoms with E-state index in [-0.39, 0.29) is 30.0 Å². The Morgan fingerprint density at radius 3 is 2.46 bits per heavy atom. The summed E-state index contributed by atoms with van der Waals surface area (Å²) in [5, 5.41) is 4.87. The SMILES string of the molecule is O=C(Cc1cccc(F)c1)NC(c1ccc(F)cc1)c1cccs1. The Morgan fingerprint density at radius 2 is 1.79 bits per heavy atom. The first-order valence-electron chi connectivity index (χ1n) is 7.44. The van der Waals surface area contributed by atoms with Crippen molar-refractivity contribution in [2.75, 3.05) is 0 Å². The van der Waals surface area contributed by atoms with Gasteiger partial charge in [-0.2, -0.15) is 0 Å². The van der Waals surface area contributed by atoms with Crippen LogP contribution < -0.4 is 5.32 Å². The molecule has 1 N–H and O–H groups in total. The average molecular weight is 343 g/mol. The summed E-state index contributed by atoms with van der Waals surface area (Å²) in [7, 11) is 0. The monoisotopic (exact) mass is 343 g/mol. The van der Waals surface area contributed by atoms with Crippen LogP contribution in [0.4, 0.5) is 8.78 Å². The van der Waals surface area contributed by atoms with E-state index < -0.39 is 0 Å². The molecule has 0 bridgehead atoms. The number of hydrogen-bond donors (Lipinski definition) is 1. The van der Waals surface area contributed by atoms with E-state index in [4.69, 9.17) is 0 Å². The molecule has 0 fully saturated rings. The summed E-state index contributed by atoms with van der Waals surface area (Å²) in [5.74, 6) is -0.910. The van der Waals surface area contributed by atoms with Crippen LogP contribution in [0.2, 0.25) is 0 Å². The van der Waals surface area contributed by atoms with E-state index in [0.717, 1.165) is 10.4 Å². The highest BCUT2D eigenvalue weighted by molar-refractivity contribution is 7.10. The van der Waals surface area contributed by atoms with Crippen molar-refractivity contribution in [1.29, 1.82) is 0 Å². The first-order chi connectivity index (χ1) is 11.6. The van der Waals surface area contributed by atoms with E-state index in [9.17, 15) is 13.6 Å². The molecular formula is C19H15F2NOS. The lowest BCUT2D eigenvalue weighted by atomic mass is 10.0. The zero-order valence-electron chi connectivity index (χ0n) is 12.7. The highest BCUT2D eigenvalue weighted by Crippen LogP contribution is 2.26. The van der Waals surface area contributed by atoms with Crippen LogP contribution in [0.1, 0.15) is 22.0 Å². The number of amides is 1. The predicted octanol–water partition coefficient (Wildman–Crippen LogP) is 4.47. The van der Waals surface area contributed by atoms with Gasteiger partial charge in [0, 0.05) is 4.88 Å². The van der Waals surface area contributed by atoms with Gasteiger partial charge in [-0.25, -0.2) is 8.78 Å². The predicted molar refractivity (Wildman–Crippen MR) is 90.8 cm³/mol. The molecule has 2 aromatic carbocycles. The van der Waals surface area contributed by atoms with Crippen molar-refractivity contribution in [3.8, 4) is 0 Å². The van der Waals surface area contributed by atoms with Gasteiger partial charge in [0.05, 0.1) is 12.5 Å². The fourth-order valence-corrected chi connectivity index (χ4v) is 3.28. The normalized spacial score (nSPS) is 11.9. The van der Waals surface area contributed by atoms with Gasteiger partial charge < -0.3 is 5.32 Å². The third-order valence-corrected chi connectivity index (χ3v) is 4.53. The second kappa shape index (κ2) is 7.36. The standard InChI is InChI=1S/C19H15F2NOS/c20-15-8-6-14(7-9-15)19(17-5-2-10-24-17)22-18(23)12-13-3-1-4-16(21)11-13/h1-11,19H,12H2,(H,22,23). The summed E-state index contributed by atoms with van der Waals surface area (Å²) in [6.07, 6.45) is 0.0842. The minimum absolute atomic E-state index is 0.0842. The molecule has 5 heteroatoms. The topological polar surface area (TPSA) is 29.1 Å². The average Bonchev–Trinajstić information content (AvgIpc) is 3.08. The summed E-state index contributed by atoms with van der Waals surface area (Å²) < 4.78 is 26.4. The molecule has 1 atom stereocenters. The summed E-state index contributed by atoms with van der Waals surface area (Å²) >= 11 is 1.51. The van der Waals surface area contributed by atoms with E-state index >= 15 is 0 Å². The van der Waals surface area contributed by atoms with Crippen LogP contribution in [-0.4, -0.2) is 5.91 Å². The van der Waals surface area contributed by atoms with E-state index in [0.29, 0.717) is 5.56 Å². The first-order valence-corrected chi connectivity index (χ1v) is 8.32. The zero-order valence-corrected chi connectivity index (χ0v) is 13.5. The molecule has 24 heavy (non-hydrogen) atoms. The van der Waals surface area contributed by atoms with E-state index in [1.807, 2.05) is 17.5 Å². The number of halogens is 2. The second-order valence-electron chi connectivity index (χ2n) is 5.37. The van der Waals surface area contributed by atoms with Crippen molar-refractivity contribution >= 4 is 17.2 Å². The Bertz CT molecular complexity index is 816. The number of hydrogen-bond acceptors (Lipinski definition) is 2. The molecule has 1 heterocycles. The number of nitrogens with one attached hydrogen (secondary N) is 1. The highest BCUT2D eigenvalue weighted by atomic mass is 32.1. The molecule has 3 aromatic rings. The molecule has 0 saturated carbocycles. The summed E-state index contributed by atoms with van der Waals surface area (Å²) in [5.41, 5.74) is 1.41. The van der Waals surface area contributed by atoms with Crippen LogP contribution in [0.25, 0.3) is 0 Å². The Hall–Kier alpha value is -2.53. The molecule has 0 aliphatic carbocycles. The van der Waals surface area contributed by atoms with Crippen molar-refractivity contribution in [3.63, 3.8) is 0 Å². The maximum Gasteiger partial charge on any atom is 0.225 e. The summed E-state index contributed by atoms with van der Waals surface area (Å²) in [4.78, 5) is 13.3. The van der Waals surface area contributed by atoms with Gasteiger partial charge in [-0.05, 0) is 46.8 Å². The van der Waals surface area contributed by atoms with Crippen molar-refractivity contribution in [1.82, 2.24) is 5.32 Å². The molecule has 1 aromatic heterocycles. The third-order valence-electron chi connectivity index (χ3n) is 3.59. The van der Waals surface area contributed by atoms with Crippen molar-refractivity contribution in [3.05, 3.63) is 93.7 Å². The molecule has 2 nitrogen and oxygen atoms in total. The molecule has 0 radical (unpaired) electrons. The molecular weight excluding hydrogens is 328 g/mol. The van der Waals surface area contributed by atoms with Crippen LogP contribution in [0.15, 0.2) is 66.0 Å². The maximum absolute atomic E-state index is 13.2. The fourth-order valence-electron chi connectivity index (χ4n) is 2.47. The first kappa shape index (κ1) is 16.3. The van der Waals surface area contributed by atoms with Gasteiger partial charge in [0.2, 0.25) is 5.91 Å². The van der Waals surface area contributed by atoms with E-state index in [1.54, 1.807) is 24.3 Å². The molecule has 0 aliphatic heterocycles. The molecule has 1 unspecified atom stereocenters. The minimum Gasteiger partial charge on any atom is -0.344 e. The van der Waals surface area contributed by atoms with Gasteiger partial charge in [0.1, 0.15) is 11.6 Å². The molecule has 0 saturated heterocycles. The maximum atomic E-state index is 13.2. The van der Waals surface area contributed by atoms with E-state index in [1.165, 1.54) is 35.6 Å². The highest BCUT2D eigenvalue weighted by Gasteiger charge is 2.18. The zero-order chi connectivity index (χ0) is 16.9. The minimum atomic E-state index is -0.367. The number of carbonyl (C=O) groups excluding carboxylic acids is 1. The van der Waals surface area contributed by atoms with Gasteiger partial charge in [-0.15, -0.1) is 11.3 Å². The lowest BCUT2D eigenvalue weighted by molar-refractivity contribution is -0.120. The molecule has 122 valence electrons. The largest absolute Gasteiger partial charge is 0.344 e. The lowest BCUT2D eigenvalue weighted by Crippen LogP contribution is -2.30. The second-order valence-corrected chi connectivity index (χ2v) is 6.35. The third kappa shape index (κ3) is 4.06. The van der Waals surface area contributed by atoms with Crippen molar-refractivity contribution in [2.24, 2.45) is 0 Å². The Kier molecular flexibility index (Phi) is 5.01. The number of carbonyl (C=O) groups is 1. The van der Waals surface area contributed by atoms with Crippen LogP contribution in [0.5, 0.6) is 0 Å². The molecule has 1 amide bonds. The number of benzene rings is 2. The Balaban J connectivity index is 1.79. The van der Waals surface area contributed by atoms with Gasteiger partial charge in [-0.3, -0.25) is 4.79 Å².